The highest BCUT2D eigenvalue weighted by molar-refractivity contribution is 9.10. The summed E-state index contributed by atoms with van der Waals surface area (Å²) in [5, 5.41) is 3.35. The molecule has 0 radical (unpaired) electrons. The molecule has 1 nitrogen and oxygen atoms in total. The van der Waals surface area contributed by atoms with Gasteiger partial charge in [0.1, 0.15) is 0 Å². The Balaban J connectivity index is 2.02. The van der Waals surface area contributed by atoms with Crippen LogP contribution in [0.1, 0.15) is 36.1 Å². The second-order valence-corrected chi connectivity index (χ2v) is 5.52. The lowest BCUT2D eigenvalue weighted by Crippen LogP contribution is -2.18. The van der Waals surface area contributed by atoms with Crippen molar-refractivity contribution in [3.63, 3.8) is 0 Å². The maximum absolute atomic E-state index is 12.6. The molecule has 106 valence electrons. The first kappa shape index (κ1) is 15.1. The predicted octanol–water partition coefficient (Wildman–Crippen LogP) is 5.24. The van der Waals surface area contributed by atoms with Crippen LogP contribution in [0.4, 0.5) is 8.78 Å². The zero-order chi connectivity index (χ0) is 14.5. The average molecular weight is 340 g/mol. The zero-order valence-electron chi connectivity index (χ0n) is 11.1. The lowest BCUT2D eigenvalue weighted by Gasteiger charge is -2.16. The van der Waals surface area contributed by atoms with Crippen LogP contribution in [0.15, 0.2) is 53.0 Å². The van der Waals surface area contributed by atoms with Gasteiger partial charge in [-0.05, 0) is 30.2 Å². The van der Waals surface area contributed by atoms with Crippen LogP contribution >= 0.6 is 15.9 Å². The molecule has 0 amide bonds. The molecular formula is C16H16BrF2N. The van der Waals surface area contributed by atoms with Crippen molar-refractivity contribution in [3.8, 4) is 0 Å². The number of rotatable bonds is 5. The molecule has 1 unspecified atom stereocenters. The molecule has 0 spiro atoms. The van der Waals surface area contributed by atoms with Gasteiger partial charge in [0.2, 0.25) is 0 Å². The van der Waals surface area contributed by atoms with E-state index in [0.29, 0.717) is 6.54 Å². The highest BCUT2D eigenvalue weighted by atomic mass is 79.9. The second kappa shape index (κ2) is 6.95. The van der Waals surface area contributed by atoms with E-state index in [2.05, 4.69) is 28.2 Å². The predicted molar refractivity (Wildman–Crippen MR) is 80.8 cm³/mol. The lowest BCUT2D eigenvalue weighted by molar-refractivity contribution is 0.151. The Kier molecular flexibility index (Phi) is 5.26. The molecule has 1 atom stereocenters. The van der Waals surface area contributed by atoms with Gasteiger partial charge in [0.25, 0.3) is 6.43 Å². The molecule has 2 rings (SSSR count). The summed E-state index contributed by atoms with van der Waals surface area (Å²) >= 11 is 3.51. The van der Waals surface area contributed by atoms with Gasteiger partial charge in [-0.25, -0.2) is 8.78 Å². The molecule has 1 N–H and O–H groups in total. The number of halogens is 3. The summed E-state index contributed by atoms with van der Waals surface area (Å²) in [6.07, 6.45) is -2.42. The largest absolute Gasteiger partial charge is 0.306 e. The Bertz CT molecular complexity index is 572. The maximum Gasteiger partial charge on any atom is 0.263 e. The van der Waals surface area contributed by atoms with Crippen molar-refractivity contribution < 1.29 is 8.78 Å². The molecule has 0 aliphatic rings. The highest BCUT2D eigenvalue weighted by Gasteiger charge is 2.10. The normalized spacial score (nSPS) is 12.7. The van der Waals surface area contributed by atoms with Crippen LogP contribution in [0.5, 0.6) is 0 Å². The summed E-state index contributed by atoms with van der Waals surface area (Å²) < 4.78 is 26.3. The van der Waals surface area contributed by atoms with E-state index in [9.17, 15) is 8.78 Å². The van der Waals surface area contributed by atoms with Crippen molar-refractivity contribution >= 4 is 15.9 Å². The standard InChI is InChI=1S/C16H16BrF2N/c1-11(14-7-2-3-8-15(14)17)20-10-12-5-4-6-13(9-12)16(18)19/h2-9,11,16,20H,10H2,1H3. The lowest BCUT2D eigenvalue weighted by atomic mass is 10.1. The number of nitrogens with one attached hydrogen (secondary N) is 1. The van der Waals surface area contributed by atoms with Crippen LogP contribution in [0.3, 0.4) is 0 Å². The van der Waals surface area contributed by atoms with E-state index in [1.807, 2.05) is 30.3 Å². The fraction of sp³-hybridized carbons (Fsp3) is 0.250. The molecule has 2 aromatic carbocycles. The minimum absolute atomic E-state index is 0.0674. The Morgan fingerprint density at radius 2 is 1.85 bits per heavy atom. The van der Waals surface area contributed by atoms with Gasteiger partial charge in [0, 0.05) is 22.6 Å². The molecule has 20 heavy (non-hydrogen) atoms. The summed E-state index contributed by atoms with van der Waals surface area (Å²) in [5.74, 6) is 0. The van der Waals surface area contributed by atoms with Crippen LogP contribution in [-0.4, -0.2) is 0 Å². The summed E-state index contributed by atoms with van der Waals surface area (Å²) in [7, 11) is 0. The van der Waals surface area contributed by atoms with E-state index >= 15 is 0 Å². The summed E-state index contributed by atoms with van der Waals surface area (Å²) in [6.45, 7) is 2.61. The zero-order valence-corrected chi connectivity index (χ0v) is 12.7. The summed E-state index contributed by atoms with van der Waals surface area (Å²) in [5.41, 5.74) is 2.08. The number of hydrogen-bond donors (Lipinski definition) is 1. The number of alkyl halides is 2. The van der Waals surface area contributed by atoms with Crippen molar-refractivity contribution in [2.24, 2.45) is 0 Å². The number of benzene rings is 2. The van der Waals surface area contributed by atoms with Crippen LogP contribution < -0.4 is 5.32 Å². The third-order valence-corrected chi connectivity index (χ3v) is 3.91. The van der Waals surface area contributed by atoms with Crippen molar-refractivity contribution in [1.82, 2.24) is 5.32 Å². The minimum Gasteiger partial charge on any atom is -0.306 e. The maximum atomic E-state index is 12.6. The molecule has 0 aliphatic carbocycles. The molecule has 0 fully saturated rings. The van der Waals surface area contributed by atoms with Crippen LogP contribution in [0, 0.1) is 0 Å². The third kappa shape index (κ3) is 3.87. The molecule has 4 heteroatoms. The molecule has 0 saturated carbocycles. The molecule has 2 aromatic rings. The fourth-order valence-corrected chi connectivity index (χ4v) is 2.67. The average Bonchev–Trinajstić information content (AvgIpc) is 2.45. The molecule has 0 saturated heterocycles. The van der Waals surface area contributed by atoms with Gasteiger partial charge >= 0.3 is 0 Å². The smallest absolute Gasteiger partial charge is 0.263 e. The van der Waals surface area contributed by atoms with E-state index < -0.39 is 6.43 Å². The first-order valence-corrected chi connectivity index (χ1v) is 7.22. The molecule has 0 heterocycles. The summed E-state index contributed by atoms with van der Waals surface area (Å²) in [4.78, 5) is 0. The van der Waals surface area contributed by atoms with E-state index in [1.54, 1.807) is 12.1 Å². The van der Waals surface area contributed by atoms with Gasteiger partial charge in [0.05, 0.1) is 0 Å². The Morgan fingerprint density at radius 1 is 1.10 bits per heavy atom. The first-order chi connectivity index (χ1) is 9.58. The van der Waals surface area contributed by atoms with E-state index in [1.165, 1.54) is 6.07 Å². The van der Waals surface area contributed by atoms with E-state index in [0.717, 1.165) is 15.6 Å². The quantitative estimate of drug-likeness (QED) is 0.785. The molecular weight excluding hydrogens is 324 g/mol. The number of hydrogen-bond acceptors (Lipinski definition) is 1. The van der Waals surface area contributed by atoms with Gasteiger partial charge in [0.15, 0.2) is 0 Å². The third-order valence-electron chi connectivity index (χ3n) is 3.19. The van der Waals surface area contributed by atoms with Crippen molar-refractivity contribution in [2.45, 2.75) is 25.9 Å². The fourth-order valence-electron chi connectivity index (χ4n) is 2.05. The first-order valence-electron chi connectivity index (χ1n) is 6.42. The van der Waals surface area contributed by atoms with Gasteiger partial charge in [-0.15, -0.1) is 0 Å². The molecule has 0 aliphatic heterocycles. The minimum atomic E-state index is -2.42. The van der Waals surface area contributed by atoms with Crippen LogP contribution in [0.25, 0.3) is 0 Å². The van der Waals surface area contributed by atoms with Crippen molar-refractivity contribution in [1.29, 1.82) is 0 Å². The van der Waals surface area contributed by atoms with E-state index in [4.69, 9.17) is 0 Å². The van der Waals surface area contributed by atoms with Crippen molar-refractivity contribution in [2.75, 3.05) is 0 Å². The Hall–Kier alpha value is -1.26. The monoisotopic (exact) mass is 339 g/mol. The molecule has 0 bridgehead atoms. The molecule has 0 aromatic heterocycles. The SMILES string of the molecule is CC(NCc1cccc(C(F)F)c1)c1ccccc1Br. The Labute approximate surface area is 126 Å². The van der Waals surface area contributed by atoms with Gasteiger partial charge in [-0.3, -0.25) is 0 Å². The highest BCUT2D eigenvalue weighted by Crippen LogP contribution is 2.23. The van der Waals surface area contributed by atoms with Crippen molar-refractivity contribution in [3.05, 3.63) is 69.7 Å². The summed E-state index contributed by atoms with van der Waals surface area (Å²) in [6, 6.07) is 14.6. The van der Waals surface area contributed by atoms with Crippen LogP contribution in [-0.2, 0) is 6.54 Å². The second-order valence-electron chi connectivity index (χ2n) is 4.67. The van der Waals surface area contributed by atoms with E-state index in [-0.39, 0.29) is 11.6 Å². The van der Waals surface area contributed by atoms with Crippen LogP contribution in [0.2, 0.25) is 0 Å². The van der Waals surface area contributed by atoms with Gasteiger partial charge in [-0.2, -0.15) is 0 Å². The van der Waals surface area contributed by atoms with Gasteiger partial charge in [-0.1, -0.05) is 52.3 Å². The topological polar surface area (TPSA) is 12.0 Å². The van der Waals surface area contributed by atoms with Gasteiger partial charge < -0.3 is 5.32 Å². The Morgan fingerprint density at radius 3 is 2.55 bits per heavy atom.